The van der Waals surface area contributed by atoms with Gasteiger partial charge < -0.3 is 0 Å². The van der Waals surface area contributed by atoms with Crippen LogP contribution in [0.25, 0.3) is 0 Å². The first-order valence-corrected chi connectivity index (χ1v) is 3.57. The van der Waals surface area contributed by atoms with E-state index in [1.165, 1.54) is 0 Å². The van der Waals surface area contributed by atoms with Crippen LogP contribution in [0.2, 0.25) is 0 Å². The van der Waals surface area contributed by atoms with Crippen molar-refractivity contribution >= 4 is 0 Å². The lowest BCUT2D eigenvalue weighted by Gasteiger charge is -2.05. The van der Waals surface area contributed by atoms with Crippen molar-refractivity contribution in [3.05, 3.63) is 0 Å². The first kappa shape index (κ1) is 6.97. The highest BCUT2D eigenvalue weighted by molar-refractivity contribution is 4.67. The smallest absolute Gasteiger partial charge is 0.211 e. The fourth-order valence-electron chi connectivity index (χ4n) is 1.50. The lowest BCUT2D eigenvalue weighted by Crippen LogP contribution is -2.00. The first-order chi connectivity index (χ1) is 4.29. The summed E-state index contributed by atoms with van der Waals surface area (Å²) in [6.45, 7) is 0. The molecule has 1 aliphatic rings. The average molecular weight is 134 g/mol. The molecule has 0 N–H and O–H groups in total. The van der Waals surface area contributed by atoms with E-state index in [1.54, 1.807) is 0 Å². The molecular weight excluding hydrogens is 122 g/mol. The van der Waals surface area contributed by atoms with Gasteiger partial charge >= 0.3 is 0 Å². The summed E-state index contributed by atoms with van der Waals surface area (Å²) in [5.74, 6) is 0.338. The second-order valence-corrected chi connectivity index (χ2v) is 2.78. The maximum atomic E-state index is 11.7. The van der Waals surface area contributed by atoms with Crippen LogP contribution in [0.3, 0.4) is 0 Å². The lowest BCUT2D eigenvalue weighted by atomic mass is 10.1. The van der Waals surface area contributed by atoms with Gasteiger partial charge in [0.05, 0.1) is 0 Å². The van der Waals surface area contributed by atoms with Gasteiger partial charge in [-0.15, -0.1) is 0 Å². The molecule has 0 unspecified atom stereocenters. The van der Waals surface area contributed by atoms with Gasteiger partial charge in [-0.3, -0.25) is 0 Å². The molecule has 1 saturated carbocycles. The zero-order valence-corrected chi connectivity index (χ0v) is 5.45. The highest BCUT2D eigenvalue weighted by Crippen LogP contribution is 2.29. The summed E-state index contributed by atoms with van der Waals surface area (Å²) in [4.78, 5) is 0. The highest BCUT2D eigenvalue weighted by atomic mass is 19.3. The molecule has 0 aromatic carbocycles. The Balaban J connectivity index is 2.11. The van der Waals surface area contributed by atoms with E-state index < -0.39 is 6.43 Å². The maximum absolute atomic E-state index is 11.7. The van der Waals surface area contributed by atoms with Crippen molar-refractivity contribution in [2.75, 3.05) is 0 Å². The third kappa shape index (κ3) is 2.29. The molecule has 1 rings (SSSR count). The summed E-state index contributed by atoms with van der Waals surface area (Å²) in [5, 5.41) is 0. The van der Waals surface area contributed by atoms with Crippen LogP contribution in [0.4, 0.5) is 8.78 Å². The molecule has 0 heterocycles. The minimum Gasteiger partial charge on any atom is -0.211 e. The van der Waals surface area contributed by atoms with Crippen molar-refractivity contribution in [3.8, 4) is 0 Å². The summed E-state index contributed by atoms with van der Waals surface area (Å²) in [7, 11) is 0. The summed E-state index contributed by atoms with van der Waals surface area (Å²) >= 11 is 0. The van der Waals surface area contributed by atoms with Crippen LogP contribution in [0.1, 0.15) is 32.1 Å². The van der Waals surface area contributed by atoms with Crippen molar-refractivity contribution in [1.82, 2.24) is 0 Å². The Morgan fingerprint density at radius 3 is 2.22 bits per heavy atom. The SMILES string of the molecule is FC(F)CC1CCCC1. The summed E-state index contributed by atoms with van der Waals surface area (Å²) < 4.78 is 23.4. The second kappa shape index (κ2) is 3.14. The van der Waals surface area contributed by atoms with E-state index in [-0.39, 0.29) is 6.42 Å². The lowest BCUT2D eigenvalue weighted by molar-refractivity contribution is 0.116. The van der Waals surface area contributed by atoms with Gasteiger partial charge in [0.1, 0.15) is 0 Å². The third-order valence-electron chi connectivity index (χ3n) is 1.99. The van der Waals surface area contributed by atoms with Gasteiger partial charge in [0.25, 0.3) is 0 Å². The van der Waals surface area contributed by atoms with E-state index in [0.717, 1.165) is 25.7 Å². The predicted molar refractivity (Wildman–Crippen MR) is 32.6 cm³/mol. The van der Waals surface area contributed by atoms with E-state index in [4.69, 9.17) is 0 Å². The maximum Gasteiger partial charge on any atom is 0.238 e. The summed E-state index contributed by atoms with van der Waals surface area (Å²) in [5.41, 5.74) is 0. The molecule has 2 heteroatoms. The van der Waals surface area contributed by atoms with Gasteiger partial charge in [0, 0.05) is 6.42 Å². The molecule has 0 saturated heterocycles. The first-order valence-electron chi connectivity index (χ1n) is 3.57. The molecule has 1 fully saturated rings. The van der Waals surface area contributed by atoms with Gasteiger partial charge in [-0.1, -0.05) is 25.7 Å². The Morgan fingerprint density at radius 1 is 1.22 bits per heavy atom. The van der Waals surface area contributed by atoms with E-state index in [2.05, 4.69) is 0 Å². The molecule has 0 aliphatic heterocycles. The normalized spacial score (nSPS) is 21.7. The molecule has 0 nitrogen and oxygen atoms in total. The van der Waals surface area contributed by atoms with E-state index >= 15 is 0 Å². The van der Waals surface area contributed by atoms with Gasteiger partial charge in [-0.2, -0.15) is 0 Å². The molecule has 1 aliphatic carbocycles. The van der Waals surface area contributed by atoms with E-state index in [0.29, 0.717) is 5.92 Å². The van der Waals surface area contributed by atoms with Crippen LogP contribution in [0, 0.1) is 5.92 Å². The van der Waals surface area contributed by atoms with Crippen LogP contribution in [-0.4, -0.2) is 6.43 Å². The third-order valence-corrected chi connectivity index (χ3v) is 1.99. The van der Waals surface area contributed by atoms with Crippen molar-refractivity contribution < 1.29 is 8.78 Å². The zero-order chi connectivity index (χ0) is 6.69. The van der Waals surface area contributed by atoms with E-state index in [1.807, 2.05) is 0 Å². The minimum atomic E-state index is -2.08. The van der Waals surface area contributed by atoms with Crippen LogP contribution in [0.15, 0.2) is 0 Å². The average Bonchev–Trinajstić information content (AvgIpc) is 2.15. The largest absolute Gasteiger partial charge is 0.238 e. The Kier molecular flexibility index (Phi) is 2.43. The molecule has 0 aromatic heterocycles. The van der Waals surface area contributed by atoms with Crippen molar-refractivity contribution in [3.63, 3.8) is 0 Å². The topological polar surface area (TPSA) is 0 Å². The predicted octanol–water partition coefficient (Wildman–Crippen LogP) is 2.83. The number of halogens is 2. The van der Waals surface area contributed by atoms with E-state index in [9.17, 15) is 8.78 Å². The molecule has 0 radical (unpaired) electrons. The fraction of sp³-hybridized carbons (Fsp3) is 1.00. The number of rotatable bonds is 2. The fourth-order valence-corrected chi connectivity index (χ4v) is 1.50. The quantitative estimate of drug-likeness (QED) is 0.544. The van der Waals surface area contributed by atoms with Crippen LogP contribution >= 0.6 is 0 Å². The Bertz CT molecular complexity index is 75.0. The molecular formula is C7H12F2. The van der Waals surface area contributed by atoms with Crippen LogP contribution in [-0.2, 0) is 0 Å². The highest BCUT2D eigenvalue weighted by Gasteiger charge is 2.18. The Hall–Kier alpha value is -0.140. The Morgan fingerprint density at radius 2 is 1.78 bits per heavy atom. The second-order valence-electron chi connectivity index (χ2n) is 2.78. The Labute approximate surface area is 54.3 Å². The van der Waals surface area contributed by atoms with Crippen LogP contribution < -0.4 is 0 Å². The molecule has 9 heavy (non-hydrogen) atoms. The van der Waals surface area contributed by atoms with Crippen molar-refractivity contribution in [2.45, 2.75) is 38.5 Å². The molecule has 0 atom stereocenters. The van der Waals surface area contributed by atoms with Gasteiger partial charge in [0.2, 0.25) is 6.43 Å². The van der Waals surface area contributed by atoms with Crippen molar-refractivity contribution in [1.29, 1.82) is 0 Å². The number of hydrogen-bond acceptors (Lipinski definition) is 0. The zero-order valence-electron chi connectivity index (χ0n) is 5.45. The molecule has 0 spiro atoms. The number of hydrogen-bond donors (Lipinski definition) is 0. The van der Waals surface area contributed by atoms with Crippen molar-refractivity contribution in [2.24, 2.45) is 5.92 Å². The monoisotopic (exact) mass is 134 g/mol. The number of alkyl halides is 2. The summed E-state index contributed by atoms with van der Waals surface area (Å²) in [6.07, 6.45) is 2.46. The summed E-state index contributed by atoms with van der Waals surface area (Å²) in [6, 6.07) is 0. The standard InChI is InChI=1S/C7H12F2/c8-7(9)5-6-3-1-2-4-6/h6-7H,1-5H2. The molecule has 54 valence electrons. The van der Waals surface area contributed by atoms with Crippen LogP contribution in [0.5, 0.6) is 0 Å². The van der Waals surface area contributed by atoms with Gasteiger partial charge in [-0.25, -0.2) is 8.78 Å². The molecule has 0 amide bonds. The minimum absolute atomic E-state index is 0.139. The molecule has 0 bridgehead atoms. The van der Waals surface area contributed by atoms with Gasteiger partial charge in [0.15, 0.2) is 0 Å². The van der Waals surface area contributed by atoms with Gasteiger partial charge in [-0.05, 0) is 5.92 Å². The molecule has 0 aromatic rings.